The molecule has 0 spiro atoms. The predicted octanol–water partition coefficient (Wildman–Crippen LogP) is 3.37. The van der Waals surface area contributed by atoms with Gasteiger partial charge in [0.1, 0.15) is 11.5 Å². The summed E-state index contributed by atoms with van der Waals surface area (Å²) in [5, 5.41) is 6.26. The van der Waals surface area contributed by atoms with Gasteiger partial charge in [-0.1, -0.05) is 24.3 Å². The molecule has 0 aliphatic rings. The fourth-order valence-electron chi connectivity index (χ4n) is 2.28. The Morgan fingerprint density at radius 1 is 1.07 bits per heavy atom. The lowest BCUT2D eigenvalue weighted by molar-refractivity contribution is 0.416. The molecule has 2 aromatic carbocycles. The summed E-state index contributed by atoms with van der Waals surface area (Å²) < 4.78 is 38.7. The Morgan fingerprint density at radius 2 is 1.71 bits per heavy atom. The third kappa shape index (κ3) is 5.61. The number of hydrogen-bond acceptors (Lipinski definition) is 5. The topological polar surface area (TPSA) is 88.7 Å². The fourth-order valence-corrected chi connectivity index (χ4v) is 3.56. The number of para-hydroxylation sites is 2. The van der Waals surface area contributed by atoms with E-state index in [4.69, 9.17) is 21.7 Å². The molecule has 9 heteroatoms. The van der Waals surface area contributed by atoms with E-state index in [9.17, 15) is 8.42 Å². The van der Waals surface area contributed by atoms with Crippen LogP contribution in [0.2, 0.25) is 0 Å². The van der Waals surface area contributed by atoms with Gasteiger partial charge in [-0.3, -0.25) is 4.72 Å². The molecule has 150 valence electrons. The van der Waals surface area contributed by atoms with Crippen LogP contribution in [0.4, 0.5) is 11.4 Å². The minimum Gasteiger partial charge on any atom is -0.495 e. The second-order valence-corrected chi connectivity index (χ2v) is 8.02. The van der Waals surface area contributed by atoms with E-state index in [2.05, 4.69) is 21.9 Å². The molecular weight excluding hydrogens is 398 g/mol. The molecule has 0 amide bonds. The van der Waals surface area contributed by atoms with Gasteiger partial charge in [0, 0.05) is 6.54 Å². The van der Waals surface area contributed by atoms with E-state index in [1.54, 1.807) is 30.3 Å². The molecule has 0 bridgehead atoms. The zero-order chi connectivity index (χ0) is 20.7. The normalized spacial score (nSPS) is 10.7. The third-order valence-electron chi connectivity index (χ3n) is 3.63. The molecule has 0 saturated heterocycles. The number of methoxy groups -OCH3 is 2. The summed E-state index contributed by atoms with van der Waals surface area (Å²) in [7, 11) is -0.892. The number of anilines is 2. The number of benzene rings is 2. The van der Waals surface area contributed by atoms with Crippen LogP contribution in [-0.4, -0.2) is 34.3 Å². The number of ether oxygens (including phenoxy) is 2. The van der Waals surface area contributed by atoms with Crippen molar-refractivity contribution in [3.8, 4) is 11.5 Å². The third-order valence-corrected chi connectivity index (χ3v) is 5.24. The summed E-state index contributed by atoms with van der Waals surface area (Å²) >= 11 is 5.24. The highest BCUT2D eigenvalue weighted by molar-refractivity contribution is 7.92. The molecule has 0 unspecified atom stereocenters. The fraction of sp³-hybridized carbons (Fsp3) is 0.211. The quantitative estimate of drug-likeness (QED) is 0.445. The lowest BCUT2D eigenvalue weighted by Crippen LogP contribution is -2.29. The maximum absolute atomic E-state index is 12.8. The van der Waals surface area contributed by atoms with E-state index in [0.29, 0.717) is 34.5 Å². The van der Waals surface area contributed by atoms with E-state index >= 15 is 0 Å². The summed E-state index contributed by atoms with van der Waals surface area (Å²) in [6.07, 6.45) is 0. The Labute approximate surface area is 170 Å². The van der Waals surface area contributed by atoms with Gasteiger partial charge in [-0.2, -0.15) is 0 Å². The first-order valence-electron chi connectivity index (χ1n) is 8.30. The maximum atomic E-state index is 12.8. The molecule has 0 atom stereocenters. The number of hydrogen-bond donors (Lipinski definition) is 3. The minimum atomic E-state index is -3.86. The summed E-state index contributed by atoms with van der Waals surface area (Å²) in [6.45, 7) is 6.17. The molecule has 0 aliphatic carbocycles. The summed E-state index contributed by atoms with van der Waals surface area (Å²) in [5.41, 5.74) is 1.67. The number of nitrogens with one attached hydrogen (secondary N) is 3. The number of sulfonamides is 1. The Kier molecular flexibility index (Phi) is 7.24. The van der Waals surface area contributed by atoms with E-state index in [-0.39, 0.29) is 4.90 Å². The first kappa shape index (κ1) is 21.5. The van der Waals surface area contributed by atoms with Crippen LogP contribution in [0, 0.1) is 0 Å². The molecule has 2 aromatic rings. The van der Waals surface area contributed by atoms with Crippen LogP contribution >= 0.6 is 12.2 Å². The Bertz CT molecular complexity index is 975. The average Bonchev–Trinajstić information content (AvgIpc) is 2.66. The van der Waals surface area contributed by atoms with Gasteiger partial charge in [-0.15, -0.1) is 0 Å². The van der Waals surface area contributed by atoms with Gasteiger partial charge in [-0.25, -0.2) is 8.42 Å². The van der Waals surface area contributed by atoms with Gasteiger partial charge in [0.2, 0.25) is 0 Å². The van der Waals surface area contributed by atoms with Crippen molar-refractivity contribution in [2.24, 2.45) is 0 Å². The number of thiocarbonyl (C=S) groups is 1. The highest BCUT2D eigenvalue weighted by Gasteiger charge is 2.19. The van der Waals surface area contributed by atoms with Crippen LogP contribution in [0.1, 0.15) is 6.92 Å². The Hall–Kier alpha value is -2.78. The zero-order valence-electron chi connectivity index (χ0n) is 15.9. The molecule has 7 nitrogen and oxygen atoms in total. The summed E-state index contributed by atoms with van der Waals surface area (Å²) in [5.74, 6) is 0.874. The van der Waals surface area contributed by atoms with Gasteiger partial charge in [-0.05, 0) is 49.5 Å². The van der Waals surface area contributed by atoms with Crippen molar-refractivity contribution in [1.29, 1.82) is 0 Å². The van der Waals surface area contributed by atoms with Gasteiger partial charge in [0.25, 0.3) is 10.0 Å². The van der Waals surface area contributed by atoms with Crippen molar-refractivity contribution >= 4 is 38.7 Å². The average molecular weight is 422 g/mol. The molecule has 0 saturated carbocycles. The van der Waals surface area contributed by atoms with Gasteiger partial charge in [0.15, 0.2) is 5.11 Å². The molecule has 0 radical (unpaired) electrons. The monoisotopic (exact) mass is 421 g/mol. The van der Waals surface area contributed by atoms with Crippen LogP contribution in [0.25, 0.3) is 0 Å². The zero-order valence-corrected chi connectivity index (χ0v) is 17.5. The Balaban J connectivity index is 2.29. The smallest absolute Gasteiger partial charge is 0.262 e. The van der Waals surface area contributed by atoms with Crippen LogP contribution < -0.4 is 24.8 Å². The van der Waals surface area contributed by atoms with E-state index < -0.39 is 10.0 Å². The highest BCUT2D eigenvalue weighted by atomic mass is 32.2. The largest absolute Gasteiger partial charge is 0.495 e. The van der Waals surface area contributed by atoms with Crippen molar-refractivity contribution in [2.45, 2.75) is 11.8 Å². The lowest BCUT2D eigenvalue weighted by Gasteiger charge is -2.16. The predicted molar refractivity (Wildman–Crippen MR) is 116 cm³/mol. The second kappa shape index (κ2) is 9.43. The molecule has 0 heterocycles. The molecular formula is C19H23N3O4S2. The number of rotatable bonds is 8. The molecule has 0 aliphatic heterocycles. The van der Waals surface area contributed by atoms with Gasteiger partial charge >= 0.3 is 0 Å². The molecule has 0 fully saturated rings. The van der Waals surface area contributed by atoms with E-state index in [0.717, 1.165) is 5.57 Å². The van der Waals surface area contributed by atoms with Crippen molar-refractivity contribution in [3.05, 3.63) is 54.6 Å². The van der Waals surface area contributed by atoms with Crippen LogP contribution in [0.3, 0.4) is 0 Å². The first-order chi connectivity index (χ1) is 13.3. The molecule has 3 N–H and O–H groups in total. The van der Waals surface area contributed by atoms with Crippen molar-refractivity contribution in [1.82, 2.24) is 5.32 Å². The summed E-state index contributed by atoms with van der Waals surface area (Å²) in [6, 6.07) is 11.2. The van der Waals surface area contributed by atoms with Gasteiger partial charge in [0.05, 0.1) is 30.5 Å². The molecule has 28 heavy (non-hydrogen) atoms. The van der Waals surface area contributed by atoms with E-state index in [1.807, 2.05) is 6.92 Å². The maximum Gasteiger partial charge on any atom is 0.262 e. The highest BCUT2D eigenvalue weighted by Crippen LogP contribution is 2.30. The van der Waals surface area contributed by atoms with E-state index in [1.165, 1.54) is 26.4 Å². The van der Waals surface area contributed by atoms with Crippen LogP contribution in [0.15, 0.2) is 59.5 Å². The van der Waals surface area contributed by atoms with Crippen molar-refractivity contribution in [3.63, 3.8) is 0 Å². The molecule has 2 rings (SSSR count). The Morgan fingerprint density at radius 3 is 2.36 bits per heavy atom. The van der Waals surface area contributed by atoms with Crippen LogP contribution in [-0.2, 0) is 10.0 Å². The SMILES string of the molecule is C=C(C)CNC(=S)Nc1cc(S(=O)(=O)Nc2ccccc2OC)ccc1OC. The van der Waals surface area contributed by atoms with Crippen molar-refractivity contribution < 1.29 is 17.9 Å². The van der Waals surface area contributed by atoms with Crippen LogP contribution in [0.5, 0.6) is 11.5 Å². The lowest BCUT2D eigenvalue weighted by atomic mass is 10.3. The first-order valence-corrected chi connectivity index (χ1v) is 10.2. The summed E-state index contributed by atoms with van der Waals surface area (Å²) in [4.78, 5) is 0.0457. The second-order valence-electron chi connectivity index (χ2n) is 5.93. The molecule has 0 aromatic heterocycles. The minimum absolute atomic E-state index is 0.0457. The standard InChI is InChI=1S/C19H23N3O4S2/c1-13(2)12-20-19(27)21-16-11-14(9-10-18(16)26-4)28(23,24)22-15-7-5-6-8-17(15)25-3/h5-11,22H,1,12H2,2-4H3,(H2,20,21,27). The van der Waals surface area contributed by atoms with Crippen molar-refractivity contribution in [2.75, 3.05) is 30.8 Å². The van der Waals surface area contributed by atoms with Gasteiger partial charge < -0.3 is 20.1 Å².